The molecular formula is C43H69N4O6+3. The number of allylic oxidation sites excluding steroid dienone is 4. The van der Waals surface area contributed by atoms with Gasteiger partial charge in [0.2, 0.25) is 0 Å². The van der Waals surface area contributed by atoms with Crippen molar-refractivity contribution in [2.45, 2.75) is 140 Å². The molecule has 0 spiro atoms. The molecule has 5 fully saturated rings. The summed E-state index contributed by atoms with van der Waals surface area (Å²) in [5, 5.41) is 21.7. The minimum absolute atomic E-state index is 0.0828. The van der Waals surface area contributed by atoms with E-state index in [0.29, 0.717) is 30.8 Å². The summed E-state index contributed by atoms with van der Waals surface area (Å²) in [6, 6.07) is 0.187. The smallest absolute Gasteiger partial charge is 0.350 e. The number of carbonyl (C=O) groups excluding carboxylic acids is 3. The van der Waals surface area contributed by atoms with Crippen molar-refractivity contribution in [2.75, 3.05) is 40.0 Å². The van der Waals surface area contributed by atoms with Gasteiger partial charge in [0, 0.05) is 37.0 Å². The SMILES string of the molecule is CC[NH2+]C1C=C2C=CCCC2CC1COC(=O)C12OC1(CC(CO)=C(C)CC1(C3CC[NH2+]C(NC[NH2+]C)C3)CCCCC1)C(=O)C1CCCCC1C2=O. The van der Waals surface area contributed by atoms with Gasteiger partial charge in [0.05, 0.1) is 26.7 Å². The zero-order valence-electron chi connectivity index (χ0n) is 32.8. The first-order valence-corrected chi connectivity index (χ1v) is 21.5. The van der Waals surface area contributed by atoms with Crippen LogP contribution in [0, 0.1) is 35.0 Å². The number of Topliss-reactive ketones (excluding diaryl/α,β-unsaturated/α-hetero) is 2. The lowest BCUT2D eigenvalue weighted by atomic mass is 9.59. The molecule has 2 aliphatic heterocycles. The Morgan fingerprint density at radius 2 is 1.81 bits per heavy atom. The van der Waals surface area contributed by atoms with E-state index >= 15 is 0 Å². The Balaban J connectivity index is 1.14. The number of hydrogen-bond acceptors (Lipinski definition) is 7. The van der Waals surface area contributed by atoms with Crippen LogP contribution in [0.2, 0.25) is 0 Å². The number of nitrogens with two attached hydrogens (primary N) is 3. The molecule has 8 N–H and O–H groups in total. The molecule has 2 saturated heterocycles. The number of aliphatic hydroxyl groups is 1. The lowest BCUT2D eigenvalue weighted by Gasteiger charge is -2.47. The van der Waals surface area contributed by atoms with Gasteiger partial charge < -0.3 is 30.5 Å². The monoisotopic (exact) mass is 738 g/mol. The molecule has 10 nitrogen and oxygen atoms in total. The minimum Gasteiger partial charge on any atom is -0.463 e. The van der Waals surface area contributed by atoms with Crippen molar-refractivity contribution in [2.24, 2.45) is 35.0 Å². The largest absolute Gasteiger partial charge is 0.463 e. The van der Waals surface area contributed by atoms with E-state index in [1.807, 2.05) is 0 Å². The van der Waals surface area contributed by atoms with E-state index in [1.54, 1.807) is 0 Å². The van der Waals surface area contributed by atoms with Gasteiger partial charge in [-0.1, -0.05) is 49.8 Å². The molecule has 7 aliphatic rings. The molecule has 53 heavy (non-hydrogen) atoms. The summed E-state index contributed by atoms with van der Waals surface area (Å²) >= 11 is 0. The van der Waals surface area contributed by atoms with E-state index in [4.69, 9.17) is 9.47 Å². The number of fused-ring (bicyclic) bond motifs is 3. The number of hydrogen-bond donors (Lipinski definition) is 5. The first-order valence-electron chi connectivity index (χ1n) is 21.5. The number of rotatable bonds is 14. The molecular weight excluding hydrogens is 668 g/mol. The quantitative estimate of drug-likeness (QED) is 0.0601. The fourth-order valence-electron chi connectivity index (χ4n) is 12.0. The zero-order valence-corrected chi connectivity index (χ0v) is 32.8. The van der Waals surface area contributed by atoms with E-state index in [0.717, 1.165) is 75.9 Å². The second-order valence-electron chi connectivity index (χ2n) is 18.0. The number of epoxide rings is 1. The minimum atomic E-state index is -1.91. The number of carbonyl (C=O) groups is 3. The highest BCUT2D eigenvalue weighted by Gasteiger charge is 2.87. The summed E-state index contributed by atoms with van der Waals surface area (Å²) in [6.45, 7) is 7.18. The van der Waals surface area contributed by atoms with Crippen LogP contribution in [0.3, 0.4) is 0 Å². The molecule has 5 aliphatic carbocycles. The molecule has 0 aromatic carbocycles. The molecule has 0 bridgehead atoms. The Bertz CT molecular complexity index is 1470. The second kappa shape index (κ2) is 16.5. The first kappa shape index (κ1) is 39.0. The van der Waals surface area contributed by atoms with Crippen molar-refractivity contribution in [3.05, 3.63) is 34.9 Å². The Morgan fingerprint density at radius 1 is 1.04 bits per heavy atom. The van der Waals surface area contributed by atoms with Crippen molar-refractivity contribution in [1.29, 1.82) is 0 Å². The number of ether oxygens (including phenoxy) is 2. The maximum Gasteiger partial charge on any atom is 0.350 e. The molecule has 0 aromatic rings. The van der Waals surface area contributed by atoms with Gasteiger partial charge >= 0.3 is 5.97 Å². The standard InChI is InChI=1S/C43H66N4O6/c1-4-45-36-21-30-13-7-6-12-29(30)20-31(36)26-52-40(51)43-39(50)35-15-9-8-14-34(35)38(49)42(43,53-43)24-32(25-48)28(2)23-41(17-10-5-11-18-41)33-16-19-46-37(22-33)47-27-44-3/h7,13,21,29,31,33-37,44-48H,4-6,8-12,14-20,22-27H2,1-3H3/p+3. The average Bonchev–Trinajstić information content (AvgIpc) is 3.89. The fraction of sp³-hybridized carbons (Fsp3) is 0.791. The molecule has 0 radical (unpaired) electrons. The van der Waals surface area contributed by atoms with Crippen molar-refractivity contribution in [1.82, 2.24) is 5.32 Å². The molecule has 9 atom stereocenters. The van der Waals surface area contributed by atoms with Crippen LogP contribution >= 0.6 is 0 Å². The van der Waals surface area contributed by atoms with Crippen LogP contribution in [0.15, 0.2) is 34.9 Å². The summed E-state index contributed by atoms with van der Waals surface area (Å²) in [6.07, 6.45) is 22.7. The first-order chi connectivity index (χ1) is 25.7. The van der Waals surface area contributed by atoms with E-state index < -0.39 is 29.0 Å². The molecule has 0 amide bonds. The van der Waals surface area contributed by atoms with Crippen LogP contribution in [0.4, 0.5) is 0 Å². The third kappa shape index (κ3) is 7.30. The van der Waals surface area contributed by atoms with E-state index in [-0.39, 0.29) is 48.6 Å². The van der Waals surface area contributed by atoms with Gasteiger partial charge in [-0.3, -0.25) is 9.59 Å². The third-order valence-electron chi connectivity index (χ3n) is 14.9. The van der Waals surface area contributed by atoms with Gasteiger partial charge in [-0.2, -0.15) is 0 Å². The molecule has 2 heterocycles. The van der Waals surface area contributed by atoms with Crippen LogP contribution in [0.5, 0.6) is 0 Å². The lowest BCUT2D eigenvalue weighted by molar-refractivity contribution is -0.717. The predicted molar refractivity (Wildman–Crippen MR) is 201 cm³/mol. The number of piperidine rings is 1. The number of ketones is 2. The van der Waals surface area contributed by atoms with Gasteiger partial charge in [0.15, 0.2) is 17.2 Å². The van der Waals surface area contributed by atoms with Crippen LogP contribution in [0.25, 0.3) is 0 Å². The normalized spacial score (nSPS) is 38.2. The van der Waals surface area contributed by atoms with E-state index in [1.165, 1.54) is 44.1 Å². The maximum absolute atomic E-state index is 14.7. The van der Waals surface area contributed by atoms with Gasteiger partial charge in [-0.15, -0.1) is 0 Å². The highest BCUT2D eigenvalue weighted by molar-refractivity contribution is 6.23. The summed E-state index contributed by atoms with van der Waals surface area (Å²) < 4.78 is 12.6. The van der Waals surface area contributed by atoms with Crippen molar-refractivity contribution < 1.29 is 44.9 Å². The molecule has 7 rings (SSSR count). The Hall–Kier alpha value is -2.21. The zero-order chi connectivity index (χ0) is 37.2. The number of likely N-dealkylation sites (N-methyl/N-ethyl adjacent to an activating group) is 1. The molecule has 9 unspecified atom stereocenters. The number of aliphatic hydroxyl groups excluding tert-OH is 1. The molecule has 294 valence electrons. The van der Waals surface area contributed by atoms with Crippen LogP contribution in [0.1, 0.15) is 117 Å². The highest BCUT2D eigenvalue weighted by atomic mass is 16.7. The van der Waals surface area contributed by atoms with Gasteiger partial charge in [0.1, 0.15) is 25.5 Å². The third-order valence-corrected chi connectivity index (χ3v) is 14.9. The Morgan fingerprint density at radius 3 is 2.55 bits per heavy atom. The Labute approximate surface area is 317 Å². The molecule has 10 heteroatoms. The van der Waals surface area contributed by atoms with Crippen molar-refractivity contribution in [3.63, 3.8) is 0 Å². The van der Waals surface area contributed by atoms with Gasteiger partial charge in [-0.25, -0.2) is 10.1 Å². The van der Waals surface area contributed by atoms with E-state index in [2.05, 4.69) is 60.4 Å². The van der Waals surface area contributed by atoms with Crippen molar-refractivity contribution >= 4 is 17.5 Å². The van der Waals surface area contributed by atoms with Crippen LogP contribution in [-0.2, 0) is 23.9 Å². The maximum atomic E-state index is 14.7. The van der Waals surface area contributed by atoms with Crippen molar-refractivity contribution in [3.8, 4) is 0 Å². The summed E-state index contributed by atoms with van der Waals surface area (Å²) in [5.41, 5.74) is -0.126. The molecule has 3 saturated carbocycles. The fourth-order valence-corrected chi connectivity index (χ4v) is 12.0. The van der Waals surface area contributed by atoms with Crippen LogP contribution < -0.4 is 21.3 Å². The predicted octanol–water partition coefficient (Wildman–Crippen LogP) is 1.94. The van der Waals surface area contributed by atoms with Gasteiger partial charge in [0.25, 0.3) is 5.60 Å². The summed E-state index contributed by atoms with van der Waals surface area (Å²) in [4.78, 5) is 43.7. The molecule has 0 aromatic heterocycles. The van der Waals surface area contributed by atoms with E-state index in [9.17, 15) is 19.5 Å². The lowest BCUT2D eigenvalue weighted by Crippen LogP contribution is -2.98. The topological polar surface area (TPSA) is 155 Å². The highest BCUT2D eigenvalue weighted by Crippen LogP contribution is 2.62. The second-order valence-corrected chi connectivity index (χ2v) is 18.0. The average molecular weight is 738 g/mol. The number of esters is 1. The van der Waals surface area contributed by atoms with Crippen LogP contribution in [-0.4, -0.2) is 86.1 Å². The number of quaternary nitrogens is 3. The summed E-state index contributed by atoms with van der Waals surface area (Å²) in [5.74, 6) is -0.848. The number of nitrogens with one attached hydrogen (secondary N) is 1. The summed E-state index contributed by atoms with van der Waals surface area (Å²) in [7, 11) is 2.09. The van der Waals surface area contributed by atoms with Gasteiger partial charge in [-0.05, 0) is 99.7 Å². The Kier molecular flexibility index (Phi) is 12.1.